The number of nitrogens with one attached hydrogen (secondary N) is 2. The summed E-state index contributed by atoms with van der Waals surface area (Å²) in [6.45, 7) is 2.79. The zero-order valence-electron chi connectivity index (χ0n) is 12.9. The van der Waals surface area contributed by atoms with Gasteiger partial charge in [0.05, 0.1) is 18.3 Å². The van der Waals surface area contributed by atoms with Crippen molar-refractivity contribution >= 4 is 6.03 Å². The highest BCUT2D eigenvalue weighted by Crippen LogP contribution is 2.14. The summed E-state index contributed by atoms with van der Waals surface area (Å²) in [6, 6.07) is 13.4. The lowest BCUT2D eigenvalue weighted by molar-refractivity contribution is 0.104. The monoisotopic (exact) mass is 299 g/mol. The van der Waals surface area contributed by atoms with Gasteiger partial charge in [-0.1, -0.05) is 36.4 Å². The Balaban J connectivity index is 1.81. The molecule has 0 bridgehead atoms. The Morgan fingerprint density at radius 1 is 1.18 bits per heavy atom. The van der Waals surface area contributed by atoms with E-state index in [-0.39, 0.29) is 12.1 Å². The third-order valence-electron chi connectivity index (χ3n) is 3.44. The lowest BCUT2D eigenvalue weighted by Gasteiger charge is -2.17. The van der Waals surface area contributed by atoms with Crippen LogP contribution in [0.25, 0.3) is 0 Å². The minimum absolute atomic E-state index is 0.163. The molecule has 2 aromatic rings. The Kier molecular flexibility index (Phi) is 5.91. The van der Waals surface area contributed by atoms with Crippen LogP contribution < -0.4 is 10.6 Å². The summed E-state index contributed by atoms with van der Waals surface area (Å²) in [5, 5.41) is 5.62. The van der Waals surface area contributed by atoms with Crippen molar-refractivity contribution in [1.82, 2.24) is 15.6 Å². The van der Waals surface area contributed by atoms with Crippen molar-refractivity contribution in [3.63, 3.8) is 0 Å². The normalized spacial score (nSPS) is 11.7. The van der Waals surface area contributed by atoms with E-state index in [9.17, 15) is 4.79 Å². The Morgan fingerprint density at radius 3 is 2.64 bits per heavy atom. The smallest absolute Gasteiger partial charge is 0.315 e. The quantitative estimate of drug-likeness (QED) is 0.861. The van der Waals surface area contributed by atoms with Crippen molar-refractivity contribution in [3.8, 4) is 0 Å². The van der Waals surface area contributed by atoms with Gasteiger partial charge in [-0.15, -0.1) is 0 Å². The van der Waals surface area contributed by atoms with E-state index >= 15 is 0 Å². The largest absolute Gasteiger partial charge is 0.375 e. The number of carbonyl (C=O) groups excluding carboxylic acids is 1. The second-order valence-electron chi connectivity index (χ2n) is 4.97. The van der Waals surface area contributed by atoms with Crippen LogP contribution in [-0.4, -0.2) is 24.7 Å². The molecular weight excluding hydrogens is 278 g/mol. The molecule has 1 unspecified atom stereocenters. The first kappa shape index (κ1) is 16.0. The SMILES string of the molecule is COC(CNC(=O)NCc1ncccc1C)c1ccccc1. The van der Waals surface area contributed by atoms with Crippen molar-refractivity contribution in [1.29, 1.82) is 0 Å². The molecule has 0 aliphatic rings. The second-order valence-corrected chi connectivity index (χ2v) is 4.97. The summed E-state index contributed by atoms with van der Waals surface area (Å²) < 4.78 is 5.41. The van der Waals surface area contributed by atoms with E-state index in [0.29, 0.717) is 13.1 Å². The van der Waals surface area contributed by atoms with Gasteiger partial charge in [0.1, 0.15) is 0 Å². The van der Waals surface area contributed by atoms with Crippen LogP contribution in [0.5, 0.6) is 0 Å². The van der Waals surface area contributed by atoms with Gasteiger partial charge in [0, 0.05) is 19.9 Å². The van der Waals surface area contributed by atoms with Crippen LogP contribution >= 0.6 is 0 Å². The number of amides is 2. The molecule has 0 aliphatic carbocycles. The van der Waals surface area contributed by atoms with Gasteiger partial charge in [0.25, 0.3) is 0 Å². The molecule has 1 aromatic carbocycles. The third-order valence-corrected chi connectivity index (χ3v) is 3.44. The molecule has 5 nitrogen and oxygen atoms in total. The van der Waals surface area contributed by atoms with Gasteiger partial charge in [-0.2, -0.15) is 0 Å². The number of methoxy groups -OCH3 is 1. The molecule has 2 amide bonds. The summed E-state index contributed by atoms with van der Waals surface area (Å²) in [5.41, 5.74) is 2.96. The number of nitrogens with zero attached hydrogens (tertiary/aromatic N) is 1. The fourth-order valence-corrected chi connectivity index (χ4v) is 2.12. The molecule has 1 aromatic heterocycles. The molecule has 0 fully saturated rings. The first-order valence-electron chi connectivity index (χ1n) is 7.20. The molecule has 0 spiro atoms. The molecule has 2 N–H and O–H groups in total. The molecule has 2 rings (SSSR count). The fourth-order valence-electron chi connectivity index (χ4n) is 2.12. The van der Waals surface area contributed by atoms with Crippen LogP contribution in [0.1, 0.15) is 22.9 Å². The molecule has 116 valence electrons. The first-order valence-corrected chi connectivity index (χ1v) is 7.20. The maximum atomic E-state index is 11.9. The Labute approximate surface area is 130 Å². The summed E-state index contributed by atoms with van der Waals surface area (Å²) in [5.74, 6) is 0. The van der Waals surface area contributed by atoms with Gasteiger partial charge in [0.2, 0.25) is 0 Å². The molecule has 5 heteroatoms. The maximum Gasteiger partial charge on any atom is 0.315 e. The number of carbonyl (C=O) groups is 1. The topological polar surface area (TPSA) is 63.2 Å². The third kappa shape index (κ3) is 4.56. The number of hydrogen-bond acceptors (Lipinski definition) is 3. The number of rotatable bonds is 6. The minimum Gasteiger partial charge on any atom is -0.375 e. The highest BCUT2D eigenvalue weighted by molar-refractivity contribution is 5.73. The zero-order chi connectivity index (χ0) is 15.8. The number of hydrogen-bond donors (Lipinski definition) is 2. The molecule has 1 atom stereocenters. The standard InChI is InChI=1S/C17H21N3O2/c1-13-7-6-10-18-15(13)11-19-17(21)20-12-16(22-2)14-8-4-3-5-9-14/h3-10,16H,11-12H2,1-2H3,(H2,19,20,21). The molecule has 0 saturated carbocycles. The highest BCUT2D eigenvalue weighted by Gasteiger charge is 2.11. The first-order chi connectivity index (χ1) is 10.7. The lowest BCUT2D eigenvalue weighted by atomic mass is 10.1. The van der Waals surface area contributed by atoms with E-state index in [1.165, 1.54) is 0 Å². The van der Waals surface area contributed by atoms with Gasteiger partial charge in [0.15, 0.2) is 0 Å². The number of aromatic nitrogens is 1. The number of aryl methyl sites for hydroxylation is 1. The average molecular weight is 299 g/mol. The molecule has 0 radical (unpaired) electrons. The van der Waals surface area contributed by atoms with Crippen molar-refractivity contribution in [2.24, 2.45) is 0 Å². The highest BCUT2D eigenvalue weighted by atomic mass is 16.5. The zero-order valence-corrected chi connectivity index (χ0v) is 12.9. The van der Waals surface area contributed by atoms with Gasteiger partial charge < -0.3 is 15.4 Å². The minimum atomic E-state index is -0.233. The average Bonchev–Trinajstić information content (AvgIpc) is 2.55. The van der Waals surface area contributed by atoms with Crippen LogP contribution in [0.2, 0.25) is 0 Å². The van der Waals surface area contributed by atoms with E-state index < -0.39 is 0 Å². The number of benzene rings is 1. The molecule has 0 aliphatic heterocycles. The fraction of sp³-hybridized carbons (Fsp3) is 0.294. The van der Waals surface area contributed by atoms with E-state index in [4.69, 9.17) is 4.74 Å². The Hall–Kier alpha value is -2.40. The Morgan fingerprint density at radius 2 is 1.95 bits per heavy atom. The van der Waals surface area contributed by atoms with Crippen molar-refractivity contribution in [2.45, 2.75) is 19.6 Å². The Bertz CT molecular complexity index is 602. The van der Waals surface area contributed by atoms with Crippen LogP contribution in [0.4, 0.5) is 4.79 Å². The van der Waals surface area contributed by atoms with Crippen molar-refractivity contribution < 1.29 is 9.53 Å². The summed E-state index contributed by atoms with van der Waals surface area (Å²) in [4.78, 5) is 16.1. The maximum absolute atomic E-state index is 11.9. The summed E-state index contributed by atoms with van der Waals surface area (Å²) in [7, 11) is 1.63. The van der Waals surface area contributed by atoms with Crippen molar-refractivity contribution in [2.75, 3.05) is 13.7 Å². The van der Waals surface area contributed by atoms with Gasteiger partial charge in [-0.25, -0.2) is 4.79 Å². The molecule has 1 heterocycles. The second kappa shape index (κ2) is 8.14. The van der Waals surface area contributed by atoms with Crippen LogP contribution in [-0.2, 0) is 11.3 Å². The van der Waals surface area contributed by atoms with E-state index in [1.807, 2.05) is 49.4 Å². The van der Waals surface area contributed by atoms with Gasteiger partial charge >= 0.3 is 6.03 Å². The van der Waals surface area contributed by atoms with Crippen molar-refractivity contribution in [3.05, 3.63) is 65.5 Å². The molecular formula is C17H21N3O2. The van der Waals surface area contributed by atoms with E-state index in [2.05, 4.69) is 15.6 Å². The van der Waals surface area contributed by atoms with E-state index in [1.54, 1.807) is 13.3 Å². The predicted molar refractivity (Wildman–Crippen MR) is 85.4 cm³/mol. The molecule has 0 saturated heterocycles. The number of urea groups is 1. The van der Waals surface area contributed by atoms with Crippen LogP contribution in [0.15, 0.2) is 48.7 Å². The molecule has 22 heavy (non-hydrogen) atoms. The number of ether oxygens (including phenoxy) is 1. The van der Waals surface area contributed by atoms with Crippen LogP contribution in [0, 0.1) is 6.92 Å². The van der Waals surface area contributed by atoms with Gasteiger partial charge in [-0.3, -0.25) is 4.98 Å². The summed E-state index contributed by atoms with van der Waals surface area (Å²) >= 11 is 0. The lowest BCUT2D eigenvalue weighted by Crippen LogP contribution is -2.38. The van der Waals surface area contributed by atoms with Crippen LogP contribution in [0.3, 0.4) is 0 Å². The predicted octanol–water partition coefficient (Wildman–Crippen LogP) is 2.58. The van der Waals surface area contributed by atoms with E-state index in [0.717, 1.165) is 16.8 Å². The van der Waals surface area contributed by atoms with Gasteiger partial charge in [-0.05, 0) is 24.1 Å². The number of pyridine rings is 1. The summed E-state index contributed by atoms with van der Waals surface area (Å²) in [6.07, 6.45) is 1.56.